The Kier molecular flexibility index (Phi) is 4.45. The quantitative estimate of drug-likeness (QED) is 0.777. The topological polar surface area (TPSA) is 61.4 Å². The molecule has 6 heteroatoms. The fraction of sp³-hybridized carbons (Fsp3) is 0.417. The molecule has 0 saturated carbocycles. The van der Waals surface area contributed by atoms with Gasteiger partial charge in [-0.25, -0.2) is 0 Å². The SMILES string of the molecule is O=C(Cc1c(Cl)cccc1Cl)N[C@H]1CNC[C@H]1O. The Balaban J connectivity index is 1.99. The van der Waals surface area contributed by atoms with Gasteiger partial charge < -0.3 is 15.7 Å². The van der Waals surface area contributed by atoms with E-state index in [-0.39, 0.29) is 18.4 Å². The summed E-state index contributed by atoms with van der Waals surface area (Å²) >= 11 is 12.0. The second kappa shape index (κ2) is 5.89. The summed E-state index contributed by atoms with van der Waals surface area (Å²) in [6, 6.07) is 4.87. The molecule has 0 aliphatic carbocycles. The lowest BCUT2D eigenvalue weighted by Crippen LogP contribution is -2.43. The molecule has 1 fully saturated rings. The average Bonchev–Trinajstić information content (AvgIpc) is 2.70. The maximum atomic E-state index is 11.9. The summed E-state index contributed by atoms with van der Waals surface area (Å²) < 4.78 is 0. The van der Waals surface area contributed by atoms with Crippen molar-refractivity contribution >= 4 is 29.1 Å². The van der Waals surface area contributed by atoms with Gasteiger partial charge in [0.2, 0.25) is 5.91 Å². The van der Waals surface area contributed by atoms with Gasteiger partial charge in [0.15, 0.2) is 0 Å². The van der Waals surface area contributed by atoms with E-state index in [0.717, 1.165) is 0 Å². The Morgan fingerprint density at radius 3 is 2.61 bits per heavy atom. The number of aliphatic hydroxyl groups is 1. The number of nitrogens with one attached hydrogen (secondary N) is 2. The first kappa shape index (κ1) is 13.6. The first-order valence-corrected chi connectivity index (χ1v) is 6.44. The van der Waals surface area contributed by atoms with Crippen LogP contribution in [-0.2, 0) is 11.2 Å². The van der Waals surface area contributed by atoms with E-state index in [4.69, 9.17) is 23.2 Å². The molecule has 2 atom stereocenters. The fourth-order valence-electron chi connectivity index (χ4n) is 1.93. The van der Waals surface area contributed by atoms with E-state index < -0.39 is 6.10 Å². The number of halogens is 2. The van der Waals surface area contributed by atoms with Crippen LogP contribution in [-0.4, -0.2) is 36.2 Å². The molecular formula is C12H14Cl2N2O2. The molecule has 2 rings (SSSR count). The van der Waals surface area contributed by atoms with Gasteiger partial charge in [0.05, 0.1) is 18.6 Å². The largest absolute Gasteiger partial charge is 0.390 e. The van der Waals surface area contributed by atoms with E-state index >= 15 is 0 Å². The summed E-state index contributed by atoms with van der Waals surface area (Å²) in [5.41, 5.74) is 0.610. The minimum atomic E-state index is -0.546. The zero-order valence-electron chi connectivity index (χ0n) is 9.62. The maximum absolute atomic E-state index is 11.9. The van der Waals surface area contributed by atoms with Crippen LogP contribution in [0.2, 0.25) is 10.0 Å². The third-order valence-electron chi connectivity index (χ3n) is 2.93. The monoisotopic (exact) mass is 288 g/mol. The highest BCUT2D eigenvalue weighted by Crippen LogP contribution is 2.24. The number of rotatable bonds is 3. The molecule has 1 aliphatic rings. The summed E-state index contributed by atoms with van der Waals surface area (Å²) in [7, 11) is 0. The van der Waals surface area contributed by atoms with Crippen LogP contribution in [0, 0.1) is 0 Å². The molecule has 0 spiro atoms. The zero-order valence-corrected chi connectivity index (χ0v) is 11.1. The van der Waals surface area contributed by atoms with Gasteiger partial charge in [-0.05, 0) is 17.7 Å². The van der Waals surface area contributed by atoms with Gasteiger partial charge in [-0.2, -0.15) is 0 Å². The second-order valence-electron chi connectivity index (χ2n) is 4.28. The number of hydrogen-bond acceptors (Lipinski definition) is 3. The molecule has 1 heterocycles. The van der Waals surface area contributed by atoms with Gasteiger partial charge in [0.1, 0.15) is 0 Å². The van der Waals surface area contributed by atoms with Crippen molar-refractivity contribution in [2.45, 2.75) is 18.6 Å². The molecule has 1 saturated heterocycles. The molecule has 1 amide bonds. The van der Waals surface area contributed by atoms with Crippen molar-refractivity contribution in [3.05, 3.63) is 33.8 Å². The van der Waals surface area contributed by atoms with Crippen LogP contribution in [0.15, 0.2) is 18.2 Å². The lowest BCUT2D eigenvalue weighted by molar-refractivity contribution is -0.121. The first-order chi connectivity index (χ1) is 8.58. The normalized spacial score (nSPS) is 23.1. The molecule has 3 N–H and O–H groups in total. The Morgan fingerprint density at radius 2 is 2.06 bits per heavy atom. The molecule has 98 valence electrons. The molecule has 4 nitrogen and oxygen atoms in total. The molecule has 0 aromatic heterocycles. The van der Waals surface area contributed by atoms with Crippen LogP contribution in [0.3, 0.4) is 0 Å². The Hall–Kier alpha value is -0.810. The molecule has 0 unspecified atom stereocenters. The highest BCUT2D eigenvalue weighted by atomic mass is 35.5. The summed E-state index contributed by atoms with van der Waals surface area (Å²) in [6.07, 6.45) is -0.433. The van der Waals surface area contributed by atoms with Gasteiger partial charge in [-0.15, -0.1) is 0 Å². The van der Waals surface area contributed by atoms with E-state index in [2.05, 4.69) is 10.6 Å². The highest BCUT2D eigenvalue weighted by molar-refractivity contribution is 6.36. The number of carbonyl (C=O) groups is 1. The van der Waals surface area contributed by atoms with Crippen LogP contribution >= 0.6 is 23.2 Å². The lowest BCUT2D eigenvalue weighted by atomic mass is 10.1. The van der Waals surface area contributed by atoms with E-state index in [1.165, 1.54) is 0 Å². The predicted octanol–water partition coefficient (Wildman–Crippen LogP) is 0.985. The molecule has 0 radical (unpaired) electrons. The highest BCUT2D eigenvalue weighted by Gasteiger charge is 2.26. The van der Waals surface area contributed by atoms with Crippen molar-refractivity contribution in [2.24, 2.45) is 0 Å². The molecule has 1 aromatic rings. The van der Waals surface area contributed by atoms with Crippen molar-refractivity contribution in [2.75, 3.05) is 13.1 Å². The van der Waals surface area contributed by atoms with E-state index in [1.807, 2.05) is 0 Å². The van der Waals surface area contributed by atoms with Gasteiger partial charge in [0, 0.05) is 23.1 Å². The lowest BCUT2D eigenvalue weighted by Gasteiger charge is -2.16. The molecule has 1 aliphatic heterocycles. The number of β-amino-alcohol motifs (C(OH)–C–C–N with tert-alkyl or cyclic N) is 1. The van der Waals surface area contributed by atoms with E-state index in [9.17, 15) is 9.90 Å². The molecule has 1 aromatic carbocycles. The number of amides is 1. The standard InChI is InChI=1S/C12H14Cl2N2O2/c13-8-2-1-3-9(14)7(8)4-12(18)16-10-5-15-6-11(10)17/h1-3,10-11,15,17H,4-6H2,(H,16,18)/t10-,11+/m0/s1. The van der Waals surface area contributed by atoms with Crippen LogP contribution in [0.25, 0.3) is 0 Å². The third-order valence-corrected chi connectivity index (χ3v) is 3.64. The second-order valence-corrected chi connectivity index (χ2v) is 5.09. The summed E-state index contributed by atoms with van der Waals surface area (Å²) in [4.78, 5) is 11.9. The van der Waals surface area contributed by atoms with E-state index in [1.54, 1.807) is 18.2 Å². The summed E-state index contributed by atoms with van der Waals surface area (Å²) in [5.74, 6) is -0.197. The Morgan fingerprint density at radius 1 is 1.39 bits per heavy atom. The van der Waals surface area contributed by atoms with Crippen molar-refractivity contribution in [1.29, 1.82) is 0 Å². The van der Waals surface area contributed by atoms with E-state index in [0.29, 0.717) is 28.7 Å². The van der Waals surface area contributed by atoms with Crippen LogP contribution in [0.5, 0.6) is 0 Å². The Labute approximate surface area is 115 Å². The predicted molar refractivity (Wildman–Crippen MR) is 71.0 cm³/mol. The van der Waals surface area contributed by atoms with Gasteiger partial charge in [-0.1, -0.05) is 29.3 Å². The smallest absolute Gasteiger partial charge is 0.224 e. The number of hydrogen-bond donors (Lipinski definition) is 3. The molecular weight excluding hydrogens is 275 g/mol. The summed E-state index contributed by atoms with van der Waals surface area (Å²) in [6.45, 7) is 1.07. The number of aliphatic hydroxyl groups excluding tert-OH is 1. The van der Waals surface area contributed by atoms with Crippen molar-refractivity contribution in [3.8, 4) is 0 Å². The van der Waals surface area contributed by atoms with Crippen LogP contribution in [0.1, 0.15) is 5.56 Å². The first-order valence-electron chi connectivity index (χ1n) is 5.69. The van der Waals surface area contributed by atoms with Crippen molar-refractivity contribution < 1.29 is 9.90 Å². The molecule has 18 heavy (non-hydrogen) atoms. The van der Waals surface area contributed by atoms with Gasteiger partial charge in [0.25, 0.3) is 0 Å². The number of carbonyl (C=O) groups excluding carboxylic acids is 1. The maximum Gasteiger partial charge on any atom is 0.224 e. The minimum Gasteiger partial charge on any atom is -0.390 e. The fourth-order valence-corrected chi connectivity index (χ4v) is 2.46. The van der Waals surface area contributed by atoms with Gasteiger partial charge in [-0.3, -0.25) is 4.79 Å². The van der Waals surface area contributed by atoms with Crippen molar-refractivity contribution in [3.63, 3.8) is 0 Å². The van der Waals surface area contributed by atoms with Crippen LogP contribution < -0.4 is 10.6 Å². The number of benzene rings is 1. The minimum absolute atomic E-state index is 0.113. The molecule has 0 bridgehead atoms. The average molecular weight is 289 g/mol. The van der Waals surface area contributed by atoms with Crippen LogP contribution in [0.4, 0.5) is 0 Å². The van der Waals surface area contributed by atoms with Gasteiger partial charge >= 0.3 is 0 Å². The zero-order chi connectivity index (χ0) is 13.1. The Bertz CT molecular complexity index is 433. The van der Waals surface area contributed by atoms with Crippen molar-refractivity contribution in [1.82, 2.24) is 10.6 Å². The third kappa shape index (κ3) is 3.14. The summed E-state index contributed by atoms with van der Waals surface area (Å²) in [5, 5.41) is 16.3.